The molecule has 0 spiro atoms. The summed E-state index contributed by atoms with van der Waals surface area (Å²) in [5.41, 5.74) is 0.493. The van der Waals surface area contributed by atoms with Crippen LogP contribution in [0.25, 0.3) is 10.8 Å². The van der Waals surface area contributed by atoms with Gasteiger partial charge in [0.25, 0.3) is 5.91 Å². The fourth-order valence-corrected chi connectivity index (χ4v) is 3.34. The van der Waals surface area contributed by atoms with Gasteiger partial charge in [0, 0.05) is 6.04 Å². The lowest BCUT2D eigenvalue weighted by Gasteiger charge is -2.26. The maximum Gasteiger partial charge on any atom is 0.258 e. The molecule has 1 aliphatic carbocycles. The van der Waals surface area contributed by atoms with Crippen LogP contribution < -0.4 is 10.1 Å². The summed E-state index contributed by atoms with van der Waals surface area (Å²) in [6, 6.07) is 11.5. The normalized spacial score (nSPS) is 20.5. The van der Waals surface area contributed by atoms with Gasteiger partial charge in [-0.3, -0.25) is 9.59 Å². The smallest absolute Gasteiger partial charge is 0.258 e. The van der Waals surface area contributed by atoms with Gasteiger partial charge in [0.15, 0.2) is 12.9 Å². The molecule has 0 atom stereocenters. The molecular weight excluding hydrogens is 302 g/mol. The first-order chi connectivity index (χ1) is 11.7. The van der Waals surface area contributed by atoms with Gasteiger partial charge in [0.1, 0.15) is 5.75 Å². The summed E-state index contributed by atoms with van der Waals surface area (Å²) in [6.45, 7) is 2.19. The second kappa shape index (κ2) is 7.47. The lowest BCUT2D eigenvalue weighted by atomic mass is 9.87. The number of benzene rings is 2. The Morgan fingerprint density at radius 2 is 1.92 bits per heavy atom. The first-order valence-corrected chi connectivity index (χ1v) is 8.56. The molecule has 0 heterocycles. The van der Waals surface area contributed by atoms with Crippen LogP contribution in [0.5, 0.6) is 5.75 Å². The van der Waals surface area contributed by atoms with Gasteiger partial charge >= 0.3 is 0 Å². The van der Waals surface area contributed by atoms with Crippen molar-refractivity contribution in [3.05, 3.63) is 42.0 Å². The molecule has 1 N–H and O–H groups in total. The Bertz CT molecular complexity index is 733. The number of carbonyl (C=O) groups excluding carboxylic acids is 2. The van der Waals surface area contributed by atoms with Crippen molar-refractivity contribution < 1.29 is 14.3 Å². The fraction of sp³-hybridized carbons (Fsp3) is 0.400. The van der Waals surface area contributed by atoms with Crippen LogP contribution in [0.15, 0.2) is 36.4 Å². The highest BCUT2D eigenvalue weighted by molar-refractivity contribution is 6.00. The highest BCUT2D eigenvalue weighted by Gasteiger charge is 2.20. The summed E-state index contributed by atoms with van der Waals surface area (Å²) in [4.78, 5) is 23.6. The second-order valence-corrected chi connectivity index (χ2v) is 6.63. The Morgan fingerprint density at radius 3 is 2.67 bits per heavy atom. The van der Waals surface area contributed by atoms with Crippen LogP contribution in [0, 0.1) is 5.92 Å². The van der Waals surface area contributed by atoms with Crippen molar-refractivity contribution in [3.8, 4) is 5.75 Å². The maximum absolute atomic E-state index is 12.1. The molecule has 2 aromatic carbocycles. The molecule has 0 saturated heterocycles. The number of nitrogens with one attached hydrogen (secondary N) is 1. The molecule has 24 heavy (non-hydrogen) atoms. The number of carbonyl (C=O) groups is 2. The quantitative estimate of drug-likeness (QED) is 0.852. The van der Waals surface area contributed by atoms with Crippen molar-refractivity contribution in [2.24, 2.45) is 5.92 Å². The van der Waals surface area contributed by atoms with Crippen molar-refractivity contribution >= 4 is 23.0 Å². The number of hydrogen-bond donors (Lipinski definition) is 1. The van der Waals surface area contributed by atoms with Crippen molar-refractivity contribution in [2.45, 2.75) is 38.6 Å². The van der Waals surface area contributed by atoms with Gasteiger partial charge in [0.05, 0.1) is 5.56 Å². The van der Waals surface area contributed by atoms with E-state index in [-0.39, 0.29) is 18.6 Å². The molecule has 1 amide bonds. The van der Waals surface area contributed by atoms with Gasteiger partial charge < -0.3 is 10.1 Å². The SMILES string of the molecule is CC1CCC(NC(=O)COc2ccc3ccccc3c2C=O)CC1. The zero-order chi connectivity index (χ0) is 16.9. The van der Waals surface area contributed by atoms with E-state index in [1.165, 1.54) is 0 Å². The second-order valence-electron chi connectivity index (χ2n) is 6.63. The molecule has 1 aliphatic rings. The molecular formula is C20H23NO3. The molecule has 1 saturated carbocycles. The van der Waals surface area contributed by atoms with Crippen molar-refractivity contribution in [1.29, 1.82) is 0 Å². The number of rotatable bonds is 5. The van der Waals surface area contributed by atoms with Crippen molar-refractivity contribution in [3.63, 3.8) is 0 Å². The van der Waals surface area contributed by atoms with Gasteiger partial charge in [-0.25, -0.2) is 0 Å². The van der Waals surface area contributed by atoms with E-state index in [9.17, 15) is 9.59 Å². The minimum Gasteiger partial charge on any atom is -0.483 e. The van der Waals surface area contributed by atoms with Gasteiger partial charge in [0.2, 0.25) is 0 Å². The average molecular weight is 325 g/mol. The summed E-state index contributed by atoms with van der Waals surface area (Å²) in [7, 11) is 0. The maximum atomic E-state index is 12.1. The van der Waals surface area contributed by atoms with E-state index in [0.29, 0.717) is 11.3 Å². The molecule has 4 nitrogen and oxygen atoms in total. The van der Waals surface area contributed by atoms with E-state index in [0.717, 1.165) is 48.7 Å². The van der Waals surface area contributed by atoms with Crippen LogP contribution in [-0.2, 0) is 4.79 Å². The summed E-state index contributed by atoms with van der Waals surface area (Å²) >= 11 is 0. The minimum atomic E-state index is -0.125. The highest BCUT2D eigenvalue weighted by Crippen LogP contribution is 2.27. The number of fused-ring (bicyclic) bond motifs is 1. The van der Waals surface area contributed by atoms with Crippen LogP contribution in [0.1, 0.15) is 43.0 Å². The summed E-state index contributed by atoms with van der Waals surface area (Å²) in [5, 5.41) is 4.85. The molecule has 126 valence electrons. The van der Waals surface area contributed by atoms with Crippen LogP contribution in [-0.4, -0.2) is 24.8 Å². The monoisotopic (exact) mass is 325 g/mol. The Labute approximate surface area is 142 Å². The van der Waals surface area contributed by atoms with Gasteiger partial charge in [-0.2, -0.15) is 0 Å². The van der Waals surface area contributed by atoms with Crippen LogP contribution in [0.4, 0.5) is 0 Å². The Hall–Kier alpha value is -2.36. The van der Waals surface area contributed by atoms with Crippen LogP contribution in [0.3, 0.4) is 0 Å². The first-order valence-electron chi connectivity index (χ1n) is 8.56. The highest BCUT2D eigenvalue weighted by atomic mass is 16.5. The predicted molar refractivity (Wildman–Crippen MR) is 94.4 cm³/mol. The van der Waals surface area contributed by atoms with E-state index in [2.05, 4.69) is 12.2 Å². The molecule has 0 bridgehead atoms. The molecule has 0 radical (unpaired) electrons. The number of hydrogen-bond acceptors (Lipinski definition) is 3. The third-order valence-corrected chi connectivity index (χ3v) is 4.79. The van der Waals surface area contributed by atoms with Gasteiger partial charge in [-0.15, -0.1) is 0 Å². The molecule has 0 aromatic heterocycles. The molecule has 0 aliphatic heterocycles. The molecule has 1 fully saturated rings. The zero-order valence-electron chi connectivity index (χ0n) is 14.0. The van der Waals surface area contributed by atoms with E-state index in [1.807, 2.05) is 30.3 Å². The number of aldehydes is 1. The van der Waals surface area contributed by atoms with Gasteiger partial charge in [-0.05, 0) is 48.4 Å². The van der Waals surface area contributed by atoms with Crippen molar-refractivity contribution in [1.82, 2.24) is 5.32 Å². The standard InChI is InChI=1S/C20H23NO3/c1-14-6-9-16(10-7-14)21-20(23)13-24-19-11-8-15-4-2-3-5-17(15)18(19)12-22/h2-5,8,11-12,14,16H,6-7,9-10,13H2,1H3,(H,21,23). The number of amides is 1. The summed E-state index contributed by atoms with van der Waals surface area (Å²) in [5.74, 6) is 1.08. The fourth-order valence-electron chi connectivity index (χ4n) is 3.34. The number of ether oxygens (including phenoxy) is 1. The lowest BCUT2D eigenvalue weighted by Crippen LogP contribution is -2.39. The van der Waals surface area contributed by atoms with Crippen molar-refractivity contribution in [2.75, 3.05) is 6.61 Å². The van der Waals surface area contributed by atoms with E-state index in [1.54, 1.807) is 6.07 Å². The lowest BCUT2D eigenvalue weighted by molar-refractivity contribution is -0.124. The van der Waals surface area contributed by atoms with E-state index >= 15 is 0 Å². The minimum absolute atomic E-state index is 0.0643. The largest absolute Gasteiger partial charge is 0.483 e. The molecule has 4 heteroatoms. The van der Waals surface area contributed by atoms with Crippen LogP contribution >= 0.6 is 0 Å². The topological polar surface area (TPSA) is 55.4 Å². The molecule has 2 aromatic rings. The first kappa shape index (κ1) is 16.5. The zero-order valence-corrected chi connectivity index (χ0v) is 14.0. The molecule has 3 rings (SSSR count). The third-order valence-electron chi connectivity index (χ3n) is 4.79. The molecule has 0 unspecified atom stereocenters. The Morgan fingerprint density at radius 1 is 1.17 bits per heavy atom. The Balaban J connectivity index is 1.63. The van der Waals surface area contributed by atoms with Crippen LogP contribution in [0.2, 0.25) is 0 Å². The third kappa shape index (κ3) is 3.75. The summed E-state index contributed by atoms with van der Waals surface area (Å²) in [6.07, 6.45) is 5.17. The van der Waals surface area contributed by atoms with E-state index < -0.39 is 0 Å². The predicted octanol–water partition coefficient (Wildman–Crippen LogP) is 3.73. The van der Waals surface area contributed by atoms with Gasteiger partial charge in [-0.1, -0.05) is 37.3 Å². The summed E-state index contributed by atoms with van der Waals surface area (Å²) < 4.78 is 5.62. The van der Waals surface area contributed by atoms with E-state index in [4.69, 9.17) is 4.74 Å². The Kier molecular flexibility index (Phi) is 5.14. The average Bonchev–Trinajstić information content (AvgIpc) is 2.61.